The molecule has 4 nitrogen and oxygen atoms in total. The van der Waals surface area contributed by atoms with Crippen LogP contribution in [-0.2, 0) is 10.4 Å². The molecule has 1 saturated carbocycles. The first-order valence-corrected chi connectivity index (χ1v) is 12.0. The number of nitrogens with one attached hydrogen (secondary N) is 1. The molecule has 4 rings (SSSR count). The van der Waals surface area contributed by atoms with E-state index in [0.29, 0.717) is 0 Å². The first-order valence-electron chi connectivity index (χ1n) is 12.0. The first-order chi connectivity index (χ1) is 14.6. The van der Waals surface area contributed by atoms with Crippen molar-refractivity contribution in [3.8, 4) is 0 Å². The largest absolute Gasteiger partial charge is 0.375 e. The lowest BCUT2D eigenvalue weighted by Crippen LogP contribution is -2.54. The lowest BCUT2D eigenvalue weighted by Gasteiger charge is -2.37. The van der Waals surface area contributed by atoms with Gasteiger partial charge >= 0.3 is 0 Å². The molecule has 3 aliphatic rings. The summed E-state index contributed by atoms with van der Waals surface area (Å²) in [5.41, 5.74) is 0.930. The number of piperidine rings is 1. The Hall–Kier alpha value is -1.65. The summed E-state index contributed by atoms with van der Waals surface area (Å²) in [7, 11) is 0. The second kappa shape index (κ2) is 9.65. The van der Waals surface area contributed by atoms with Gasteiger partial charge in [0.2, 0.25) is 0 Å². The quantitative estimate of drug-likeness (QED) is 0.684. The summed E-state index contributed by atoms with van der Waals surface area (Å²) >= 11 is 0. The summed E-state index contributed by atoms with van der Waals surface area (Å²) in [6.07, 6.45) is 12.2. The van der Waals surface area contributed by atoms with Crippen LogP contribution in [0, 0.1) is 11.8 Å². The Morgan fingerprint density at radius 3 is 2.43 bits per heavy atom. The van der Waals surface area contributed by atoms with Crippen LogP contribution in [0.2, 0.25) is 0 Å². The molecule has 0 aromatic heterocycles. The van der Waals surface area contributed by atoms with Gasteiger partial charge in [0.15, 0.2) is 5.60 Å². The molecule has 1 aromatic rings. The minimum Gasteiger partial charge on any atom is -0.375 e. The van der Waals surface area contributed by atoms with Crippen molar-refractivity contribution in [2.24, 2.45) is 11.8 Å². The molecular formula is C26H38N2O2. The summed E-state index contributed by atoms with van der Waals surface area (Å²) in [5.74, 6) is 0.654. The number of carbonyl (C=O) groups excluding carboxylic acids is 1. The van der Waals surface area contributed by atoms with Gasteiger partial charge in [-0.15, -0.1) is 0 Å². The molecule has 1 aromatic carbocycles. The number of likely N-dealkylation sites (tertiary alicyclic amines) is 1. The zero-order valence-electron chi connectivity index (χ0n) is 18.5. The zero-order chi connectivity index (χ0) is 21.0. The van der Waals surface area contributed by atoms with Crippen LogP contribution in [0.1, 0.15) is 70.3 Å². The molecule has 1 aliphatic heterocycles. The predicted molar refractivity (Wildman–Crippen MR) is 121 cm³/mol. The average molecular weight is 411 g/mol. The van der Waals surface area contributed by atoms with E-state index in [2.05, 4.69) is 23.2 Å². The van der Waals surface area contributed by atoms with Gasteiger partial charge in [0.05, 0.1) is 0 Å². The van der Waals surface area contributed by atoms with Crippen molar-refractivity contribution in [3.05, 3.63) is 47.5 Å². The second-order valence-corrected chi connectivity index (χ2v) is 9.88. The van der Waals surface area contributed by atoms with Crippen LogP contribution in [0.3, 0.4) is 0 Å². The number of hydrogen-bond donors (Lipinski definition) is 2. The van der Waals surface area contributed by atoms with Crippen molar-refractivity contribution in [2.45, 2.75) is 76.4 Å². The minimum absolute atomic E-state index is 0.0145. The van der Waals surface area contributed by atoms with Gasteiger partial charge in [0.25, 0.3) is 5.91 Å². The van der Waals surface area contributed by atoms with Crippen molar-refractivity contribution in [3.63, 3.8) is 0 Å². The van der Waals surface area contributed by atoms with Crippen LogP contribution in [0.15, 0.2) is 42.0 Å². The summed E-state index contributed by atoms with van der Waals surface area (Å²) in [5, 5.41) is 14.9. The van der Waals surface area contributed by atoms with Gasteiger partial charge in [0.1, 0.15) is 0 Å². The van der Waals surface area contributed by atoms with Crippen LogP contribution in [0.4, 0.5) is 0 Å². The Morgan fingerprint density at radius 2 is 1.80 bits per heavy atom. The van der Waals surface area contributed by atoms with Crippen LogP contribution in [0.25, 0.3) is 0 Å². The molecule has 2 atom stereocenters. The van der Waals surface area contributed by atoms with E-state index in [1.807, 2.05) is 30.3 Å². The smallest absolute Gasteiger partial charge is 0.257 e. The highest BCUT2D eigenvalue weighted by atomic mass is 16.3. The summed E-state index contributed by atoms with van der Waals surface area (Å²) in [4.78, 5) is 15.9. The van der Waals surface area contributed by atoms with Gasteiger partial charge in [0, 0.05) is 31.6 Å². The Labute approximate surface area is 181 Å². The average Bonchev–Trinajstić information content (AvgIpc) is 3.32. The Balaban J connectivity index is 1.35. The fraction of sp³-hybridized carbons (Fsp3) is 0.654. The molecule has 4 heteroatoms. The fourth-order valence-corrected chi connectivity index (χ4v) is 5.57. The van der Waals surface area contributed by atoms with E-state index in [1.165, 1.54) is 19.3 Å². The highest BCUT2D eigenvalue weighted by molar-refractivity contribution is 5.87. The fourth-order valence-electron chi connectivity index (χ4n) is 5.57. The molecule has 0 radical (unpaired) electrons. The van der Waals surface area contributed by atoms with Gasteiger partial charge < -0.3 is 10.4 Å². The number of allylic oxidation sites excluding steroid dienone is 1. The molecule has 1 amide bonds. The molecule has 2 fully saturated rings. The third kappa shape index (κ3) is 4.81. The molecular weight excluding hydrogens is 372 g/mol. The Kier molecular flexibility index (Phi) is 6.94. The van der Waals surface area contributed by atoms with Gasteiger partial charge in [-0.25, -0.2) is 0 Å². The van der Waals surface area contributed by atoms with Gasteiger partial charge in [-0.2, -0.15) is 0 Å². The van der Waals surface area contributed by atoms with E-state index in [4.69, 9.17) is 0 Å². The molecule has 1 saturated heterocycles. The maximum atomic E-state index is 13.4. The number of carbonyl (C=O) groups is 1. The number of rotatable bonds is 6. The van der Waals surface area contributed by atoms with E-state index in [-0.39, 0.29) is 17.9 Å². The van der Waals surface area contributed by atoms with Crippen molar-refractivity contribution in [1.29, 1.82) is 0 Å². The molecule has 30 heavy (non-hydrogen) atoms. The molecule has 2 N–H and O–H groups in total. The van der Waals surface area contributed by atoms with Crippen LogP contribution >= 0.6 is 0 Å². The van der Waals surface area contributed by atoms with Crippen LogP contribution in [-0.4, -0.2) is 41.6 Å². The normalized spacial score (nSPS) is 26.2. The monoisotopic (exact) mass is 410 g/mol. The van der Waals surface area contributed by atoms with E-state index in [1.54, 1.807) is 5.57 Å². The number of aliphatic hydroxyl groups is 1. The van der Waals surface area contributed by atoms with Crippen molar-refractivity contribution < 1.29 is 9.90 Å². The van der Waals surface area contributed by atoms with Crippen molar-refractivity contribution in [2.75, 3.05) is 19.6 Å². The van der Waals surface area contributed by atoms with Gasteiger partial charge in [-0.05, 0) is 56.4 Å². The third-order valence-corrected chi connectivity index (χ3v) is 7.62. The second-order valence-electron chi connectivity index (χ2n) is 9.88. The summed E-state index contributed by atoms with van der Waals surface area (Å²) in [6, 6.07) is 9.74. The topological polar surface area (TPSA) is 52.6 Å². The number of benzene rings is 1. The van der Waals surface area contributed by atoms with E-state index >= 15 is 0 Å². The highest BCUT2D eigenvalue weighted by Crippen LogP contribution is 2.41. The minimum atomic E-state index is -1.40. The summed E-state index contributed by atoms with van der Waals surface area (Å²) in [6.45, 7) is 5.46. The molecule has 0 spiro atoms. The molecule has 164 valence electrons. The molecule has 2 unspecified atom stereocenters. The lowest BCUT2D eigenvalue weighted by molar-refractivity contribution is -0.148. The van der Waals surface area contributed by atoms with E-state index in [9.17, 15) is 9.90 Å². The Bertz CT molecular complexity index is 733. The van der Waals surface area contributed by atoms with Crippen LogP contribution in [0.5, 0.6) is 0 Å². The molecule has 1 heterocycles. The SMILES string of the molecule is CC1CC=C(CN2CCC(NC(=O)C(O)(c3ccccc3)C3CCCC3)CC2)CC1. The molecule has 2 aliphatic carbocycles. The van der Waals surface area contributed by atoms with Crippen molar-refractivity contribution in [1.82, 2.24) is 10.2 Å². The highest BCUT2D eigenvalue weighted by Gasteiger charge is 2.46. The Morgan fingerprint density at radius 1 is 1.10 bits per heavy atom. The standard InChI is InChI=1S/C26H38N2O2/c1-20-11-13-21(14-12-20)19-28-17-15-24(16-18-28)27-25(29)26(30,23-9-5-6-10-23)22-7-3-2-4-8-22/h2-4,7-8,13,20,23-24,30H,5-6,9-12,14-19H2,1H3,(H,27,29). The van der Waals surface area contributed by atoms with E-state index < -0.39 is 5.60 Å². The maximum absolute atomic E-state index is 13.4. The lowest BCUT2D eigenvalue weighted by atomic mass is 9.79. The van der Waals surface area contributed by atoms with Crippen LogP contribution < -0.4 is 5.32 Å². The predicted octanol–water partition coefficient (Wildman–Crippen LogP) is 4.39. The zero-order valence-corrected chi connectivity index (χ0v) is 18.5. The molecule has 0 bridgehead atoms. The van der Waals surface area contributed by atoms with Crippen molar-refractivity contribution >= 4 is 5.91 Å². The van der Waals surface area contributed by atoms with Gasteiger partial charge in [-0.1, -0.05) is 61.7 Å². The third-order valence-electron chi connectivity index (χ3n) is 7.62. The van der Waals surface area contributed by atoms with Gasteiger partial charge in [-0.3, -0.25) is 9.69 Å². The first kappa shape index (κ1) is 21.6. The summed E-state index contributed by atoms with van der Waals surface area (Å²) < 4.78 is 0. The number of amides is 1. The number of hydrogen-bond acceptors (Lipinski definition) is 3. The number of nitrogens with zero attached hydrogens (tertiary/aromatic N) is 1. The van der Waals surface area contributed by atoms with E-state index in [0.717, 1.165) is 69.6 Å². The maximum Gasteiger partial charge on any atom is 0.257 e.